The third-order valence-corrected chi connectivity index (χ3v) is 6.84. The zero-order valence-corrected chi connectivity index (χ0v) is 16.9. The summed E-state index contributed by atoms with van der Waals surface area (Å²) in [7, 11) is -4.08. The number of carbonyl (C=O) groups is 1. The number of carbonyl (C=O) groups excluding carboxylic acids is 1. The summed E-state index contributed by atoms with van der Waals surface area (Å²) in [5.41, 5.74) is -0.532. The Balaban J connectivity index is 1.72. The third-order valence-electron chi connectivity index (χ3n) is 4.42. The molecule has 10 heteroatoms. The minimum atomic E-state index is -4.62. The lowest BCUT2D eigenvalue weighted by molar-refractivity contribution is -0.137. The fourth-order valence-electron chi connectivity index (χ4n) is 2.89. The molecule has 150 valence electrons. The maximum atomic E-state index is 12.9. The van der Waals surface area contributed by atoms with Crippen LogP contribution in [0.3, 0.4) is 0 Å². The lowest BCUT2D eigenvalue weighted by atomic mass is 10.2. The smallest absolute Gasteiger partial charge is 0.336 e. The van der Waals surface area contributed by atoms with Gasteiger partial charge in [0.05, 0.1) is 10.5 Å². The molecule has 1 aliphatic heterocycles. The molecule has 1 aliphatic rings. The second kappa shape index (κ2) is 7.84. The molecule has 0 aromatic heterocycles. The topological polar surface area (TPSA) is 57.7 Å². The average Bonchev–Trinajstić information content (AvgIpc) is 2.67. The van der Waals surface area contributed by atoms with Crippen LogP contribution in [0.1, 0.15) is 15.9 Å². The van der Waals surface area contributed by atoms with Crippen LogP contribution in [-0.4, -0.2) is 49.7 Å². The van der Waals surface area contributed by atoms with E-state index in [2.05, 4.69) is 15.9 Å². The van der Waals surface area contributed by atoms with Crippen LogP contribution >= 0.6 is 15.9 Å². The van der Waals surface area contributed by atoms with Gasteiger partial charge in [0.1, 0.15) is 0 Å². The summed E-state index contributed by atoms with van der Waals surface area (Å²) in [6.07, 6.45) is -4.62. The normalized spacial score (nSPS) is 16.2. The summed E-state index contributed by atoms with van der Waals surface area (Å²) in [5.74, 6) is -0.219. The summed E-state index contributed by atoms with van der Waals surface area (Å²) in [6, 6.07) is 10.5. The van der Waals surface area contributed by atoms with Crippen molar-refractivity contribution < 1.29 is 26.4 Å². The number of hydrogen-bond donors (Lipinski definition) is 0. The molecule has 1 heterocycles. The Morgan fingerprint density at radius 3 is 2.14 bits per heavy atom. The van der Waals surface area contributed by atoms with Crippen molar-refractivity contribution >= 4 is 31.9 Å². The Morgan fingerprint density at radius 2 is 1.57 bits per heavy atom. The zero-order valence-electron chi connectivity index (χ0n) is 14.5. The number of sulfonamides is 1. The summed E-state index contributed by atoms with van der Waals surface area (Å²) in [4.78, 5) is 13.6. The summed E-state index contributed by atoms with van der Waals surface area (Å²) in [5, 5.41) is 0. The van der Waals surface area contributed by atoms with Crippen LogP contribution in [-0.2, 0) is 16.2 Å². The van der Waals surface area contributed by atoms with E-state index in [0.29, 0.717) is 11.6 Å². The van der Waals surface area contributed by atoms with Gasteiger partial charge in [-0.1, -0.05) is 22.0 Å². The minimum Gasteiger partial charge on any atom is -0.336 e. The first-order valence-electron chi connectivity index (χ1n) is 8.31. The quantitative estimate of drug-likeness (QED) is 0.679. The Kier molecular flexibility index (Phi) is 5.83. The molecule has 2 aromatic rings. The van der Waals surface area contributed by atoms with E-state index >= 15 is 0 Å². The summed E-state index contributed by atoms with van der Waals surface area (Å²) >= 11 is 3.29. The van der Waals surface area contributed by atoms with Crippen LogP contribution in [0.25, 0.3) is 0 Å². The molecule has 3 rings (SSSR count). The van der Waals surface area contributed by atoms with E-state index < -0.39 is 26.7 Å². The van der Waals surface area contributed by atoms with E-state index in [0.717, 1.165) is 27.0 Å². The molecule has 0 bridgehead atoms. The molecule has 1 fully saturated rings. The highest BCUT2D eigenvalue weighted by Crippen LogP contribution is 2.31. The highest BCUT2D eigenvalue weighted by molar-refractivity contribution is 9.10. The number of benzene rings is 2. The zero-order chi connectivity index (χ0) is 20.5. The predicted molar refractivity (Wildman–Crippen MR) is 100 cm³/mol. The largest absolute Gasteiger partial charge is 0.416 e. The monoisotopic (exact) mass is 476 g/mol. The molecule has 0 radical (unpaired) electrons. The van der Waals surface area contributed by atoms with Crippen LogP contribution in [0, 0.1) is 0 Å². The second-order valence-corrected chi connectivity index (χ2v) is 9.08. The van der Waals surface area contributed by atoms with E-state index in [-0.39, 0.29) is 32.1 Å². The van der Waals surface area contributed by atoms with E-state index in [1.165, 1.54) is 4.90 Å². The summed E-state index contributed by atoms with van der Waals surface area (Å²) in [6.45, 7) is 0.349. The number of amides is 1. The Bertz CT molecular complexity index is 970. The molecule has 1 saturated heterocycles. The van der Waals surface area contributed by atoms with Gasteiger partial charge in [-0.2, -0.15) is 17.5 Å². The van der Waals surface area contributed by atoms with Crippen LogP contribution < -0.4 is 0 Å². The third kappa shape index (κ3) is 4.39. The number of halogens is 4. The van der Waals surface area contributed by atoms with Gasteiger partial charge in [0.25, 0.3) is 5.91 Å². The van der Waals surface area contributed by atoms with Crippen LogP contribution in [0.5, 0.6) is 0 Å². The second-order valence-electron chi connectivity index (χ2n) is 6.23. The molecule has 0 N–H and O–H groups in total. The number of piperazine rings is 1. The van der Waals surface area contributed by atoms with Gasteiger partial charge in [-0.3, -0.25) is 4.79 Å². The Morgan fingerprint density at radius 1 is 0.964 bits per heavy atom. The summed E-state index contributed by atoms with van der Waals surface area (Å²) < 4.78 is 65.9. The molecule has 0 spiro atoms. The fourth-order valence-corrected chi connectivity index (χ4v) is 4.62. The first-order valence-corrected chi connectivity index (χ1v) is 10.5. The first kappa shape index (κ1) is 20.8. The van der Waals surface area contributed by atoms with Gasteiger partial charge in [-0.15, -0.1) is 0 Å². The minimum absolute atomic E-state index is 0.0147. The van der Waals surface area contributed by atoms with E-state index in [4.69, 9.17) is 0 Å². The molecule has 0 saturated carbocycles. The van der Waals surface area contributed by atoms with Crippen molar-refractivity contribution in [2.24, 2.45) is 0 Å². The van der Waals surface area contributed by atoms with Gasteiger partial charge in [-0.25, -0.2) is 8.42 Å². The molecule has 1 amide bonds. The molecule has 0 aliphatic carbocycles. The number of rotatable bonds is 3. The van der Waals surface area contributed by atoms with Gasteiger partial charge >= 0.3 is 6.18 Å². The van der Waals surface area contributed by atoms with Crippen molar-refractivity contribution in [1.82, 2.24) is 9.21 Å². The van der Waals surface area contributed by atoms with Crippen LogP contribution in [0.15, 0.2) is 57.9 Å². The van der Waals surface area contributed by atoms with E-state index in [9.17, 15) is 26.4 Å². The average molecular weight is 477 g/mol. The van der Waals surface area contributed by atoms with Crippen molar-refractivity contribution in [2.75, 3.05) is 26.2 Å². The lowest BCUT2D eigenvalue weighted by Gasteiger charge is -2.34. The molecule has 28 heavy (non-hydrogen) atoms. The molecule has 2 aromatic carbocycles. The van der Waals surface area contributed by atoms with Gasteiger partial charge in [-0.05, 0) is 42.5 Å². The molecule has 0 atom stereocenters. The van der Waals surface area contributed by atoms with Gasteiger partial charge in [0.15, 0.2) is 0 Å². The first-order chi connectivity index (χ1) is 13.1. The highest BCUT2D eigenvalue weighted by Gasteiger charge is 2.34. The van der Waals surface area contributed by atoms with Crippen molar-refractivity contribution in [3.05, 3.63) is 64.1 Å². The number of alkyl halides is 3. The molecular weight excluding hydrogens is 461 g/mol. The van der Waals surface area contributed by atoms with Crippen LogP contribution in [0.4, 0.5) is 13.2 Å². The van der Waals surface area contributed by atoms with Gasteiger partial charge < -0.3 is 4.90 Å². The van der Waals surface area contributed by atoms with Crippen molar-refractivity contribution in [3.8, 4) is 0 Å². The van der Waals surface area contributed by atoms with E-state index in [1.807, 2.05) is 0 Å². The van der Waals surface area contributed by atoms with Crippen LogP contribution in [0.2, 0.25) is 0 Å². The van der Waals surface area contributed by atoms with Crippen molar-refractivity contribution in [1.29, 1.82) is 0 Å². The van der Waals surface area contributed by atoms with Crippen molar-refractivity contribution in [2.45, 2.75) is 11.1 Å². The maximum absolute atomic E-state index is 12.9. The maximum Gasteiger partial charge on any atom is 0.416 e. The number of nitrogens with zero attached hydrogens (tertiary/aromatic N) is 2. The molecule has 5 nitrogen and oxygen atoms in total. The number of hydrogen-bond acceptors (Lipinski definition) is 3. The Labute approximate surface area is 168 Å². The Hall–Kier alpha value is -1.91. The molecule has 0 unspecified atom stereocenters. The fraction of sp³-hybridized carbons (Fsp3) is 0.278. The molecular formula is C18H16BrF3N2O3S. The highest BCUT2D eigenvalue weighted by atomic mass is 79.9. The SMILES string of the molecule is O=C(c1ccc(Br)cc1)N1CCN(S(=O)(=O)c2cccc(C(F)(F)F)c2)CC1. The van der Waals surface area contributed by atoms with Gasteiger partial charge in [0.2, 0.25) is 10.0 Å². The lowest BCUT2D eigenvalue weighted by Crippen LogP contribution is -2.50. The van der Waals surface area contributed by atoms with Crippen molar-refractivity contribution in [3.63, 3.8) is 0 Å². The van der Waals surface area contributed by atoms with Gasteiger partial charge in [0, 0.05) is 36.2 Å². The predicted octanol–water partition coefficient (Wildman–Crippen LogP) is 3.61. The standard InChI is InChI=1S/C18H16BrF3N2O3S/c19-15-6-4-13(5-7-15)17(25)23-8-10-24(11-9-23)28(26,27)16-3-1-2-14(12-16)18(20,21)22/h1-7,12H,8-11H2. The van der Waals surface area contributed by atoms with E-state index in [1.54, 1.807) is 24.3 Å².